The predicted molar refractivity (Wildman–Crippen MR) is 90.9 cm³/mol. The van der Waals surface area contributed by atoms with E-state index in [0.29, 0.717) is 0 Å². The summed E-state index contributed by atoms with van der Waals surface area (Å²) < 4.78 is 7.48. The van der Waals surface area contributed by atoms with E-state index in [1.54, 1.807) is 13.4 Å². The molecule has 3 aromatic rings. The summed E-state index contributed by atoms with van der Waals surface area (Å²) in [7, 11) is 1.67. The normalized spacial score (nSPS) is 10.9. The van der Waals surface area contributed by atoms with E-state index in [1.807, 2.05) is 19.1 Å². The Kier molecular flexibility index (Phi) is 4.41. The Morgan fingerprint density at radius 1 is 1.30 bits per heavy atom. The van der Waals surface area contributed by atoms with Crippen molar-refractivity contribution in [2.24, 2.45) is 0 Å². The Morgan fingerprint density at radius 2 is 2.17 bits per heavy atom. The van der Waals surface area contributed by atoms with Gasteiger partial charge < -0.3 is 14.6 Å². The smallest absolute Gasteiger partial charge is 0.145 e. The van der Waals surface area contributed by atoms with Crippen LogP contribution in [0.1, 0.15) is 18.4 Å². The van der Waals surface area contributed by atoms with Crippen LogP contribution in [0, 0.1) is 6.92 Å². The third-order valence-corrected chi connectivity index (χ3v) is 3.85. The van der Waals surface area contributed by atoms with Gasteiger partial charge in [0.1, 0.15) is 23.4 Å². The molecule has 0 atom stereocenters. The molecule has 1 aromatic carbocycles. The Morgan fingerprint density at radius 3 is 2.96 bits per heavy atom. The minimum Gasteiger partial charge on any atom is -0.494 e. The molecule has 0 saturated heterocycles. The second kappa shape index (κ2) is 6.64. The summed E-state index contributed by atoms with van der Waals surface area (Å²) in [6, 6.07) is 8.03. The molecule has 120 valence electrons. The Hall–Kier alpha value is -2.63. The molecule has 0 aliphatic heterocycles. The number of para-hydroxylation sites is 1. The number of aromatic nitrogens is 4. The van der Waals surface area contributed by atoms with E-state index >= 15 is 0 Å². The third kappa shape index (κ3) is 3.11. The minimum absolute atomic E-state index is 0.786. The highest BCUT2D eigenvalue weighted by molar-refractivity contribution is 5.95. The summed E-state index contributed by atoms with van der Waals surface area (Å²) in [4.78, 5) is 4.60. The van der Waals surface area contributed by atoms with Crippen molar-refractivity contribution in [3.63, 3.8) is 0 Å². The molecule has 0 unspecified atom stereocenters. The van der Waals surface area contributed by atoms with Crippen LogP contribution in [0.15, 0.2) is 30.6 Å². The largest absolute Gasteiger partial charge is 0.494 e. The fourth-order valence-electron chi connectivity index (χ4n) is 2.71. The van der Waals surface area contributed by atoms with E-state index in [0.717, 1.165) is 53.4 Å². The van der Waals surface area contributed by atoms with Crippen molar-refractivity contribution in [2.45, 2.75) is 26.8 Å². The van der Waals surface area contributed by atoms with Gasteiger partial charge in [0.2, 0.25) is 0 Å². The van der Waals surface area contributed by atoms with E-state index in [9.17, 15) is 0 Å². The molecule has 0 amide bonds. The van der Waals surface area contributed by atoms with Crippen LogP contribution in [0.2, 0.25) is 0 Å². The summed E-state index contributed by atoms with van der Waals surface area (Å²) in [6.45, 7) is 5.75. The van der Waals surface area contributed by atoms with Crippen molar-refractivity contribution < 1.29 is 4.74 Å². The van der Waals surface area contributed by atoms with Gasteiger partial charge in [0, 0.05) is 36.3 Å². The molecule has 0 radical (unpaired) electrons. The van der Waals surface area contributed by atoms with Crippen LogP contribution >= 0.6 is 0 Å². The SMILES string of the molecule is CCn1cnnc1CCNc1cc(C)nc2c(OC)cccc12. The maximum atomic E-state index is 5.42. The molecular formula is C17H21N5O. The summed E-state index contributed by atoms with van der Waals surface area (Å²) in [6.07, 6.45) is 2.59. The van der Waals surface area contributed by atoms with Crippen molar-refractivity contribution in [1.82, 2.24) is 19.7 Å². The fourth-order valence-corrected chi connectivity index (χ4v) is 2.71. The fraction of sp³-hybridized carbons (Fsp3) is 0.353. The molecule has 2 heterocycles. The zero-order valence-corrected chi connectivity index (χ0v) is 13.7. The summed E-state index contributed by atoms with van der Waals surface area (Å²) in [5.41, 5.74) is 2.91. The van der Waals surface area contributed by atoms with Crippen molar-refractivity contribution in [2.75, 3.05) is 19.0 Å². The molecule has 0 bridgehead atoms. The van der Waals surface area contributed by atoms with Gasteiger partial charge in [-0.15, -0.1) is 10.2 Å². The number of hydrogen-bond acceptors (Lipinski definition) is 5. The molecule has 0 aliphatic rings. The molecule has 1 N–H and O–H groups in total. The lowest BCUT2D eigenvalue weighted by atomic mass is 10.1. The van der Waals surface area contributed by atoms with Crippen molar-refractivity contribution in [3.05, 3.63) is 42.1 Å². The van der Waals surface area contributed by atoms with E-state index in [2.05, 4.69) is 44.1 Å². The number of rotatable bonds is 6. The number of fused-ring (bicyclic) bond motifs is 1. The average Bonchev–Trinajstić information content (AvgIpc) is 3.01. The lowest BCUT2D eigenvalue weighted by Gasteiger charge is -2.12. The van der Waals surface area contributed by atoms with Gasteiger partial charge in [0.05, 0.1) is 7.11 Å². The second-order valence-electron chi connectivity index (χ2n) is 5.38. The Labute approximate surface area is 135 Å². The van der Waals surface area contributed by atoms with Crippen LogP contribution in [-0.4, -0.2) is 33.4 Å². The molecule has 0 aliphatic carbocycles. The van der Waals surface area contributed by atoms with Crippen LogP contribution < -0.4 is 10.1 Å². The van der Waals surface area contributed by atoms with Gasteiger partial charge in [0.15, 0.2) is 0 Å². The monoisotopic (exact) mass is 311 g/mol. The zero-order valence-electron chi connectivity index (χ0n) is 13.7. The average molecular weight is 311 g/mol. The highest BCUT2D eigenvalue weighted by Gasteiger charge is 2.09. The molecule has 0 saturated carbocycles. The van der Waals surface area contributed by atoms with Crippen LogP contribution in [0.4, 0.5) is 5.69 Å². The highest BCUT2D eigenvalue weighted by Crippen LogP contribution is 2.29. The van der Waals surface area contributed by atoms with Crippen LogP contribution in [0.25, 0.3) is 10.9 Å². The lowest BCUT2D eigenvalue weighted by molar-refractivity contribution is 0.419. The standard InChI is InChI=1S/C17H21N5O/c1-4-22-11-19-21-16(22)8-9-18-14-10-12(2)20-17-13(14)6-5-7-15(17)23-3/h5-7,10-11H,4,8-9H2,1-3H3,(H,18,20). The lowest BCUT2D eigenvalue weighted by Crippen LogP contribution is -2.10. The molecule has 3 rings (SSSR count). The first kappa shape index (κ1) is 15.3. The van der Waals surface area contributed by atoms with Gasteiger partial charge in [-0.25, -0.2) is 4.98 Å². The number of pyridine rings is 1. The summed E-state index contributed by atoms with van der Waals surface area (Å²) >= 11 is 0. The van der Waals surface area contributed by atoms with Gasteiger partial charge in [-0.2, -0.15) is 0 Å². The second-order valence-corrected chi connectivity index (χ2v) is 5.38. The Bertz CT molecular complexity index is 812. The molecule has 6 heteroatoms. The summed E-state index contributed by atoms with van der Waals surface area (Å²) in [5.74, 6) is 1.78. The molecular weight excluding hydrogens is 290 g/mol. The number of benzene rings is 1. The number of nitrogens with zero attached hydrogens (tertiary/aromatic N) is 4. The van der Waals surface area contributed by atoms with Gasteiger partial charge >= 0.3 is 0 Å². The number of ether oxygens (including phenoxy) is 1. The quantitative estimate of drug-likeness (QED) is 0.758. The summed E-state index contributed by atoms with van der Waals surface area (Å²) in [5, 5.41) is 12.7. The van der Waals surface area contributed by atoms with Crippen LogP contribution in [0.5, 0.6) is 5.75 Å². The van der Waals surface area contributed by atoms with Crippen LogP contribution in [-0.2, 0) is 13.0 Å². The molecule has 2 aromatic heterocycles. The molecule has 0 spiro atoms. The van der Waals surface area contributed by atoms with E-state index in [4.69, 9.17) is 4.74 Å². The zero-order chi connectivity index (χ0) is 16.2. The minimum atomic E-state index is 0.786. The van der Waals surface area contributed by atoms with Crippen molar-refractivity contribution in [3.8, 4) is 5.75 Å². The van der Waals surface area contributed by atoms with E-state index < -0.39 is 0 Å². The molecule has 0 fully saturated rings. The first-order valence-electron chi connectivity index (χ1n) is 7.78. The molecule has 23 heavy (non-hydrogen) atoms. The Balaban J connectivity index is 1.82. The van der Waals surface area contributed by atoms with E-state index in [1.165, 1.54) is 0 Å². The number of aryl methyl sites for hydroxylation is 2. The van der Waals surface area contributed by atoms with Gasteiger partial charge in [-0.3, -0.25) is 0 Å². The maximum absolute atomic E-state index is 5.42. The van der Waals surface area contributed by atoms with Crippen molar-refractivity contribution >= 4 is 16.6 Å². The first-order chi connectivity index (χ1) is 11.2. The van der Waals surface area contributed by atoms with Gasteiger partial charge in [-0.05, 0) is 26.0 Å². The highest BCUT2D eigenvalue weighted by atomic mass is 16.5. The van der Waals surface area contributed by atoms with Crippen LogP contribution in [0.3, 0.4) is 0 Å². The van der Waals surface area contributed by atoms with E-state index in [-0.39, 0.29) is 0 Å². The number of nitrogens with one attached hydrogen (secondary N) is 1. The first-order valence-corrected chi connectivity index (χ1v) is 7.78. The van der Waals surface area contributed by atoms with Gasteiger partial charge in [-0.1, -0.05) is 12.1 Å². The van der Waals surface area contributed by atoms with Gasteiger partial charge in [0.25, 0.3) is 0 Å². The topological polar surface area (TPSA) is 64.9 Å². The van der Waals surface area contributed by atoms with Crippen molar-refractivity contribution in [1.29, 1.82) is 0 Å². The number of hydrogen-bond donors (Lipinski definition) is 1. The number of anilines is 1. The maximum Gasteiger partial charge on any atom is 0.145 e. The number of methoxy groups -OCH3 is 1. The predicted octanol–water partition coefficient (Wildman–Crippen LogP) is 2.82. The third-order valence-electron chi connectivity index (χ3n) is 3.85. The molecule has 6 nitrogen and oxygen atoms in total.